The van der Waals surface area contributed by atoms with E-state index in [1.807, 2.05) is 24.4 Å². The highest BCUT2D eigenvalue weighted by atomic mass is 35.5. The number of benzene rings is 2. The van der Waals surface area contributed by atoms with Crippen LogP contribution in [0.25, 0.3) is 22.2 Å². The minimum Gasteiger partial charge on any atom is -0.495 e. The zero-order valence-corrected chi connectivity index (χ0v) is 33.3. The van der Waals surface area contributed by atoms with Crippen LogP contribution >= 0.6 is 23.2 Å². The van der Waals surface area contributed by atoms with Crippen LogP contribution in [0, 0.1) is 0 Å². The van der Waals surface area contributed by atoms with E-state index >= 15 is 0 Å². The Kier molecular flexibility index (Phi) is 13.7. The Balaban J connectivity index is 0.000000286. The van der Waals surface area contributed by atoms with Crippen LogP contribution in [0.5, 0.6) is 11.5 Å². The summed E-state index contributed by atoms with van der Waals surface area (Å²) in [5.74, 6) is 1.06. The van der Waals surface area contributed by atoms with E-state index in [0.717, 1.165) is 77.7 Å². The number of pyridine rings is 2. The first kappa shape index (κ1) is 40.0. The van der Waals surface area contributed by atoms with E-state index in [1.165, 1.54) is 26.0 Å². The molecule has 1 amide bonds. The van der Waals surface area contributed by atoms with Gasteiger partial charge in [-0.25, -0.2) is 4.98 Å². The fourth-order valence-corrected chi connectivity index (χ4v) is 7.34. The second-order valence-corrected chi connectivity index (χ2v) is 14.3. The summed E-state index contributed by atoms with van der Waals surface area (Å²) in [5, 5.41) is 3.53. The molecule has 0 saturated carbocycles. The summed E-state index contributed by atoms with van der Waals surface area (Å²) in [4.78, 5) is 40.7. The lowest BCUT2D eigenvalue weighted by Crippen LogP contribution is -2.45. The molecule has 0 atom stereocenters. The number of ether oxygens (including phenoxy) is 2. The number of nitrogens with zero attached hydrogens (tertiary/aromatic N) is 8. The minimum absolute atomic E-state index is 0.302. The molecule has 2 fully saturated rings. The largest absolute Gasteiger partial charge is 0.495 e. The third kappa shape index (κ3) is 9.98. The number of methoxy groups -OCH3 is 2. The van der Waals surface area contributed by atoms with Gasteiger partial charge in [0.25, 0.3) is 5.91 Å². The van der Waals surface area contributed by atoms with E-state index in [4.69, 9.17) is 38.4 Å². The molecule has 55 heavy (non-hydrogen) atoms. The molecule has 13 nitrogen and oxygen atoms in total. The van der Waals surface area contributed by atoms with Crippen LogP contribution in [0.3, 0.4) is 0 Å². The third-order valence-corrected chi connectivity index (χ3v) is 10.7. The van der Waals surface area contributed by atoms with Gasteiger partial charge in [0, 0.05) is 101 Å². The first-order valence-corrected chi connectivity index (χ1v) is 19.1. The van der Waals surface area contributed by atoms with Crippen molar-refractivity contribution in [3.05, 3.63) is 94.1 Å². The fraction of sp³-hybridized carbons (Fsp3) is 0.375. The molecule has 0 aliphatic carbocycles. The number of amides is 1. The van der Waals surface area contributed by atoms with Crippen molar-refractivity contribution in [2.75, 3.05) is 91.2 Å². The van der Waals surface area contributed by atoms with Crippen molar-refractivity contribution in [2.24, 2.45) is 0 Å². The Morgan fingerprint density at radius 1 is 0.764 bits per heavy atom. The van der Waals surface area contributed by atoms with Gasteiger partial charge in [0.05, 0.1) is 52.9 Å². The van der Waals surface area contributed by atoms with Crippen LogP contribution in [-0.2, 0) is 13.1 Å². The van der Waals surface area contributed by atoms with Crippen molar-refractivity contribution in [2.45, 2.75) is 20.0 Å². The second-order valence-electron chi connectivity index (χ2n) is 13.6. The lowest BCUT2D eigenvalue weighted by Gasteiger charge is -2.33. The van der Waals surface area contributed by atoms with Crippen LogP contribution in [-0.4, -0.2) is 126 Å². The molecule has 2 aliphatic rings. The molecule has 3 N–H and O–H groups in total. The number of nitrogen functional groups attached to an aromatic ring is 1. The Bertz CT molecular complexity index is 2030. The van der Waals surface area contributed by atoms with Gasteiger partial charge in [0.2, 0.25) is 0 Å². The highest BCUT2D eigenvalue weighted by Gasteiger charge is 2.24. The maximum absolute atomic E-state index is 13.4. The second kappa shape index (κ2) is 18.8. The number of hydrogen-bond donors (Lipinski definition) is 2. The Labute approximate surface area is 332 Å². The quantitative estimate of drug-likeness (QED) is 0.177. The van der Waals surface area contributed by atoms with Crippen molar-refractivity contribution in [3.63, 3.8) is 0 Å². The average molecular weight is 788 g/mol. The van der Waals surface area contributed by atoms with E-state index in [9.17, 15) is 4.79 Å². The molecule has 15 heteroatoms. The number of likely N-dealkylation sites (N-methyl/N-ethyl adjacent to an activating group) is 2. The van der Waals surface area contributed by atoms with E-state index in [2.05, 4.69) is 64.9 Å². The normalized spacial score (nSPS) is 15.7. The van der Waals surface area contributed by atoms with Gasteiger partial charge in [-0.05, 0) is 43.4 Å². The van der Waals surface area contributed by atoms with Crippen molar-refractivity contribution >= 4 is 51.6 Å². The van der Waals surface area contributed by atoms with Gasteiger partial charge in [-0.1, -0.05) is 42.3 Å². The average Bonchev–Trinajstić information content (AvgIpc) is 3.21. The molecule has 2 saturated heterocycles. The summed E-state index contributed by atoms with van der Waals surface area (Å²) >= 11 is 13.3. The van der Waals surface area contributed by atoms with Crippen molar-refractivity contribution in [3.8, 4) is 22.6 Å². The van der Waals surface area contributed by atoms with E-state index in [0.29, 0.717) is 60.8 Å². The van der Waals surface area contributed by atoms with Gasteiger partial charge < -0.3 is 30.3 Å². The SMILES string of the molecule is CCN1CCN(Cc2ccc(NC(=O)c3ccc(-c4c(Cl)c(OC)cc(OC)c4Cl)c4nccnc34)cn2)CC1.CN1CCN(Cc2ccc(N)nc2)CC1. The van der Waals surface area contributed by atoms with Crippen LogP contribution in [0.15, 0.2) is 67.3 Å². The first-order chi connectivity index (χ1) is 26.7. The topological polar surface area (TPSA) is 138 Å². The number of nitrogens with one attached hydrogen (secondary N) is 1. The predicted octanol–water partition coefficient (Wildman–Crippen LogP) is 5.82. The molecule has 0 spiro atoms. The highest BCUT2D eigenvalue weighted by Crippen LogP contribution is 2.47. The molecule has 0 bridgehead atoms. The maximum Gasteiger partial charge on any atom is 0.257 e. The van der Waals surface area contributed by atoms with Gasteiger partial charge >= 0.3 is 0 Å². The summed E-state index contributed by atoms with van der Waals surface area (Å²) in [6.45, 7) is 13.8. The van der Waals surface area contributed by atoms with E-state index in [-0.39, 0.29) is 5.91 Å². The van der Waals surface area contributed by atoms with Crippen molar-refractivity contribution in [1.82, 2.24) is 39.5 Å². The number of carbonyl (C=O) groups excluding carboxylic acids is 1. The Morgan fingerprint density at radius 2 is 1.40 bits per heavy atom. The molecule has 5 aromatic rings. The van der Waals surface area contributed by atoms with Crippen LogP contribution < -0.4 is 20.5 Å². The summed E-state index contributed by atoms with van der Waals surface area (Å²) in [5.41, 5.74) is 10.6. The number of rotatable bonds is 10. The summed E-state index contributed by atoms with van der Waals surface area (Å²) in [6, 6.07) is 12.8. The number of halogens is 2. The molecular weight excluding hydrogens is 739 g/mol. The van der Waals surface area contributed by atoms with Crippen molar-refractivity contribution < 1.29 is 14.3 Å². The number of aromatic nitrogens is 4. The molecule has 5 heterocycles. The fourth-order valence-electron chi connectivity index (χ4n) is 6.64. The van der Waals surface area contributed by atoms with Crippen LogP contribution in [0.1, 0.15) is 28.5 Å². The molecule has 290 valence electrons. The van der Waals surface area contributed by atoms with Crippen molar-refractivity contribution in [1.29, 1.82) is 0 Å². The zero-order chi connectivity index (χ0) is 38.9. The summed E-state index contributed by atoms with van der Waals surface area (Å²) < 4.78 is 10.8. The first-order valence-electron chi connectivity index (χ1n) is 18.3. The molecule has 3 aromatic heterocycles. The van der Waals surface area contributed by atoms with E-state index < -0.39 is 0 Å². The smallest absolute Gasteiger partial charge is 0.257 e. The number of anilines is 2. The zero-order valence-electron chi connectivity index (χ0n) is 31.8. The molecular formula is C40H48Cl2N10O3. The molecule has 7 rings (SSSR count). The van der Waals surface area contributed by atoms with Gasteiger partial charge in [-0.15, -0.1) is 0 Å². The number of nitrogens with two attached hydrogens (primary N) is 1. The Morgan fingerprint density at radius 3 is 2.00 bits per heavy atom. The number of carbonyl (C=O) groups is 1. The number of hydrogen-bond acceptors (Lipinski definition) is 12. The maximum atomic E-state index is 13.4. The highest BCUT2D eigenvalue weighted by molar-refractivity contribution is 6.41. The minimum atomic E-state index is -0.331. The molecule has 0 unspecified atom stereocenters. The predicted molar refractivity (Wildman–Crippen MR) is 219 cm³/mol. The van der Waals surface area contributed by atoms with Crippen LogP contribution in [0.4, 0.5) is 11.5 Å². The summed E-state index contributed by atoms with van der Waals surface area (Å²) in [6.07, 6.45) is 6.64. The monoisotopic (exact) mass is 786 g/mol. The number of fused-ring (bicyclic) bond motifs is 1. The van der Waals surface area contributed by atoms with E-state index in [1.54, 1.807) is 30.6 Å². The van der Waals surface area contributed by atoms with Gasteiger partial charge in [-0.3, -0.25) is 29.5 Å². The lowest BCUT2D eigenvalue weighted by molar-refractivity contribution is 0.102. The van der Waals surface area contributed by atoms with Gasteiger partial charge in [-0.2, -0.15) is 0 Å². The molecule has 0 radical (unpaired) electrons. The Hall–Kier alpha value is -4.63. The number of piperazine rings is 2. The molecule has 2 aliphatic heterocycles. The standard InChI is InChI=1S/C29H30Cl2N6O3.C11H18N4/c1-4-36-11-13-37(14-12-36)17-19-6-5-18(16-34-19)35-29(38)21-8-7-20(27-28(21)33-10-9-32-27)24-25(30)22(39-2)15-23(40-3)26(24)31;1-14-4-6-15(7-5-14)9-10-2-3-11(12)13-8-10/h5-10,15-16H,4,11-14,17H2,1-3H3,(H,35,38);2-3,8H,4-7,9H2,1H3,(H2,12,13). The van der Waals surface area contributed by atoms with Gasteiger partial charge in [0.1, 0.15) is 22.8 Å². The van der Waals surface area contributed by atoms with Crippen LogP contribution in [0.2, 0.25) is 10.0 Å². The van der Waals surface area contributed by atoms with Gasteiger partial charge in [0.15, 0.2) is 0 Å². The third-order valence-electron chi connectivity index (χ3n) is 9.94. The molecule has 2 aromatic carbocycles. The summed E-state index contributed by atoms with van der Waals surface area (Å²) in [7, 11) is 5.19. The lowest BCUT2D eigenvalue weighted by atomic mass is 9.99.